The number of nitrogens with one attached hydrogen (secondary N) is 1. The quantitative estimate of drug-likeness (QED) is 0.655. The van der Waals surface area contributed by atoms with Crippen LogP contribution in [0.1, 0.15) is 47.5 Å². The SMILES string of the molecule is CC(=O)NC(Cc1ccc(CN)cc1)c1nnc(C2=CC(OC(F)(F)F)=CCC2C)s1. The Balaban J connectivity index is 1.83. The summed E-state index contributed by atoms with van der Waals surface area (Å²) in [5, 5.41) is 12.4. The molecule has 3 rings (SSSR count). The van der Waals surface area contributed by atoms with Crippen LogP contribution in [0.15, 0.2) is 42.2 Å². The van der Waals surface area contributed by atoms with Crippen LogP contribution in [0.3, 0.4) is 0 Å². The number of nitrogens with two attached hydrogens (primary N) is 1. The lowest BCUT2D eigenvalue weighted by Gasteiger charge is -2.19. The van der Waals surface area contributed by atoms with Crippen molar-refractivity contribution in [3.63, 3.8) is 0 Å². The van der Waals surface area contributed by atoms with Crippen molar-refractivity contribution in [3.05, 3.63) is 63.3 Å². The Labute approximate surface area is 182 Å². The Morgan fingerprint density at radius 1 is 1.29 bits per heavy atom. The van der Waals surface area contributed by atoms with Crippen molar-refractivity contribution in [2.24, 2.45) is 11.7 Å². The number of rotatable bonds is 7. The predicted octanol–water partition coefficient (Wildman–Crippen LogP) is 4.26. The molecule has 2 aromatic rings. The number of carbonyl (C=O) groups is 1. The molecular weight excluding hydrogens is 429 g/mol. The van der Waals surface area contributed by atoms with Crippen molar-refractivity contribution < 1.29 is 22.7 Å². The lowest BCUT2D eigenvalue weighted by molar-refractivity contribution is -0.303. The van der Waals surface area contributed by atoms with E-state index in [0.29, 0.717) is 35.0 Å². The van der Waals surface area contributed by atoms with Crippen LogP contribution in [0, 0.1) is 5.92 Å². The summed E-state index contributed by atoms with van der Waals surface area (Å²) in [4.78, 5) is 11.7. The minimum atomic E-state index is -4.75. The number of carbonyl (C=O) groups excluding carboxylic acids is 1. The number of halogens is 3. The molecule has 1 aromatic carbocycles. The third-order valence-electron chi connectivity index (χ3n) is 4.80. The molecule has 0 fully saturated rings. The number of hydrogen-bond acceptors (Lipinski definition) is 6. The molecule has 31 heavy (non-hydrogen) atoms. The minimum absolute atomic E-state index is 0.0376. The minimum Gasteiger partial charge on any atom is -0.406 e. The molecule has 1 aliphatic carbocycles. The number of allylic oxidation sites excluding steroid dienone is 3. The Kier molecular flexibility index (Phi) is 7.11. The van der Waals surface area contributed by atoms with E-state index in [1.807, 2.05) is 31.2 Å². The molecule has 10 heteroatoms. The first-order valence-corrected chi connectivity index (χ1v) is 10.5. The summed E-state index contributed by atoms with van der Waals surface area (Å²) in [5.74, 6) is -0.505. The van der Waals surface area contributed by atoms with Crippen LogP contribution in [0.4, 0.5) is 13.2 Å². The van der Waals surface area contributed by atoms with E-state index in [-0.39, 0.29) is 17.6 Å². The van der Waals surface area contributed by atoms with Crippen LogP contribution in [-0.4, -0.2) is 22.5 Å². The van der Waals surface area contributed by atoms with E-state index in [1.54, 1.807) is 0 Å². The number of benzene rings is 1. The highest BCUT2D eigenvalue weighted by Gasteiger charge is 2.33. The molecule has 3 N–H and O–H groups in total. The largest absolute Gasteiger partial charge is 0.573 e. The van der Waals surface area contributed by atoms with Crippen LogP contribution in [0.25, 0.3) is 5.57 Å². The maximum Gasteiger partial charge on any atom is 0.573 e. The highest BCUT2D eigenvalue weighted by Crippen LogP contribution is 2.36. The van der Waals surface area contributed by atoms with Gasteiger partial charge < -0.3 is 15.8 Å². The van der Waals surface area contributed by atoms with E-state index in [4.69, 9.17) is 5.73 Å². The molecule has 2 atom stereocenters. The maximum absolute atomic E-state index is 12.6. The van der Waals surface area contributed by atoms with Gasteiger partial charge in [0.2, 0.25) is 5.91 Å². The Morgan fingerprint density at radius 3 is 2.58 bits per heavy atom. The third kappa shape index (κ3) is 6.38. The van der Waals surface area contributed by atoms with Crippen LogP contribution < -0.4 is 11.1 Å². The second-order valence-corrected chi connectivity index (χ2v) is 8.32. The average Bonchev–Trinajstić information content (AvgIpc) is 3.18. The molecule has 1 heterocycles. The van der Waals surface area contributed by atoms with Gasteiger partial charge >= 0.3 is 6.36 Å². The van der Waals surface area contributed by atoms with E-state index >= 15 is 0 Å². The van der Waals surface area contributed by atoms with Gasteiger partial charge in [-0.05, 0) is 47.6 Å². The summed E-state index contributed by atoms with van der Waals surface area (Å²) < 4.78 is 41.8. The van der Waals surface area contributed by atoms with Gasteiger partial charge in [0.05, 0.1) is 6.04 Å². The highest BCUT2D eigenvalue weighted by molar-refractivity contribution is 7.12. The van der Waals surface area contributed by atoms with Gasteiger partial charge in [-0.15, -0.1) is 23.4 Å². The lowest BCUT2D eigenvalue weighted by Crippen LogP contribution is -2.27. The van der Waals surface area contributed by atoms with Gasteiger partial charge in [0, 0.05) is 13.5 Å². The van der Waals surface area contributed by atoms with Crippen LogP contribution >= 0.6 is 11.3 Å². The number of alkyl halides is 3. The normalized spacial score (nSPS) is 17.5. The van der Waals surface area contributed by atoms with Crippen LogP contribution in [0.2, 0.25) is 0 Å². The Bertz CT molecular complexity index is 983. The summed E-state index contributed by atoms with van der Waals surface area (Å²) in [7, 11) is 0. The van der Waals surface area contributed by atoms with Gasteiger partial charge in [-0.1, -0.05) is 42.5 Å². The van der Waals surface area contributed by atoms with E-state index in [0.717, 1.165) is 11.1 Å². The molecule has 1 aromatic heterocycles. The zero-order valence-corrected chi connectivity index (χ0v) is 17.9. The van der Waals surface area contributed by atoms with Gasteiger partial charge in [-0.3, -0.25) is 4.79 Å². The highest BCUT2D eigenvalue weighted by atomic mass is 32.1. The zero-order valence-electron chi connectivity index (χ0n) is 17.1. The molecule has 0 saturated carbocycles. The summed E-state index contributed by atoms with van der Waals surface area (Å²) in [6.07, 6.45) is -1.10. The van der Waals surface area contributed by atoms with Crippen molar-refractivity contribution in [3.8, 4) is 0 Å². The molecule has 0 spiro atoms. The predicted molar refractivity (Wildman–Crippen MR) is 111 cm³/mol. The standard InChI is InChI=1S/C21H23F3N4O2S/c1-12-3-8-16(30-21(22,23)24)10-17(12)19-27-28-20(31-19)18(26-13(2)29)9-14-4-6-15(11-25)7-5-14/h4-8,10,12,18H,3,9,11,25H2,1-2H3,(H,26,29). The summed E-state index contributed by atoms with van der Waals surface area (Å²) in [6.45, 7) is 3.76. The molecule has 166 valence electrons. The van der Waals surface area contributed by atoms with Crippen LogP contribution in [0.5, 0.6) is 0 Å². The monoisotopic (exact) mass is 452 g/mol. The van der Waals surface area contributed by atoms with Gasteiger partial charge in [0.25, 0.3) is 0 Å². The first-order chi connectivity index (χ1) is 14.6. The molecule has 0 bridgehead atoms. The van der Waals surface area contributed by atoms with E-state index in [9.17, 15) is 18.0 Å². The van der Waals surface area contributed by atoms with Crippen molar-refractivity contribution in [2.75, 3.05) is 0 Å². The summed E-state index contributed by atoms with van der Waals surface area (Å²) in [6, 6.07) is 7.32. The number of aromatic nitrogens is 2. The smallest absolute Gasteiger partial charge is 0.406 e. The zero-order chi connectivity index (χ0) is 22.6. The van der Waals surface area contributed by atoms with Crippen molar-refractivity contribution >= 4 is 22.8 Å². The molecule has 0 aliphatic heterocycles. The van der Waals surface area contributed by atoms with Gasteiger partial charge in [-0.25, -0.2) is 0 Å². The molecule has 2 unspecified atom stereocenters. The van der Waals surface area contributed by atoms with Gasteiger partial charge in [-0.2, -0.15) is 0 Å². The second-order valence-electron chi connectivity index (χ2n) is 7.31. The average molecular weight is 453 g/mol. The third-order valence-corrected chi connectivity index (χ3v) is 5.88. The Morgan fingerprint density at radius 2 is 1.97 bits per heavy atom. The molecular formula is C21H23F3N4O2S. The fourth-order valence-electron chi connectivity index (χ4n) is 3.24. The van der Waals surface area contributed by atoms with Crippen LogP contribution in [-0.2, 0) is 22.5 Å². The van der Waals surface area contributed by atoms with Crippen molar-refractivity contribution in [1.29, 1.82) is 0 Å². The number of ether oxygens (including phenoxy) is 1. The van der Waals surface area contributed by atoms with Crippen molar-refractivity contribution in [2.45, 2.75) is 45.6 Å². The van der Waals surface area contributed by atoms with Gasteiger partial charge in [0.15, 0.2) is 0 Å². The molecule has 0 saturated heterocycles. The summed E-state index contributed by atoms with van der Waals surface area (Å²) >= 11 is 1.25. The number of hydrogen-bond donors (Lipinski definition) is 2. The topological polar surface area (TPSA) is 90.1 Å². The maximum atomic E-state index is 12.6. The number of nitrogens with zero attached hydrogens (tertiary/aromatic N) is 2. The lowest BCUT2D eigenvalue weighted by atomic mass is 9.93. The summed E-state index contributed by atoms with van der Waals surface area (Å²) in [5.41, 5.74) is 8.25. The van der Waals surface area contributed by atoms with Crippen molar-refractivity contribution in [1.82, 2.24) is 15.5 Å². The fourth-order valence-corrected chi connectivity index (χ4v) is 4.26. The molecule has 0 radical (unpaired) electrons. The first kappa shape index (κ1) is 23.0. The van der Waals surface area contributed by atoms with Gasteiger partial charge in [0.1, 0.15) is 15.8 Å². The van der Waals surface area contributed by atoms with E-state index in [1.165, 1.54) is 30.4 Å². The number of amides is 1. The molecule has 1 aliphatic rings. The molecule has 6 nitrogen and oxygen atoms in total. The first-order valence-electron chi connectivity index (χ1n) is 9.71. The Hall–Kier alpha value is -2.72. The fraction of sp³-hybridized carbons (Fsp3) is 0.381. The van der Waals surface area contributed by atoms with E-state index in [2.05, 4.69) is 20.3 Å². The second kappa shape index (κ2) is 9.61. The van der Waals surface area contributed by atoms with E-state index < -0.39 is 12.4 Å². The molecule has 1 amide bonds.